The summed E-state index contributed by atoms with van der Waals surface area (Å²) in [6.45, 7) is 0.770. The van der Waals surface area contributed by atoms with Gasteiger partial charge in [0.25, 0.3) is 5.91 Å². The van der Waals surface area contributed by atoms with Crippen molar-refractivity contribution < 1.29 is 4.79 Å². The monoisotopic (exact) mass is 391 g/mol. The van der Waals surface area contributed by atoms with Crippen LogP contribution in [0.15, 0.2) is 23.6 Å². The molecular weight excluding hydrogens is 381 g/mol. The predicted octanol–water partition coefficient (Wildman–Crippen LogP) is 3.40. The van der Waals surface area contributed by atoms with E-state index >= 15 is 0 Å². The van der Waals surface area contributed by atoms with E-state index in [0.29, 0.717) is 34.1 Å². The largest absolute Gasteiger partial charge is 0.367 e. The molecule has 0 fully saturated rings. The molecule has 0 saturated heterocycles. The minimum Gasteiger partial charge on any atom is -0.367 e. The molecule has 0 aliphatic heterocycles. The van der Waals surface area contributed by atoms with Crippen molar-refractivity contribution in [2.45, 2.75) is 5.16 Å². The topological polar surface area (TPSA) is 79.8 Å². The highest BCUT2D eigenvalue weighted by Gasteiger charge is 2.13. The second kappa shape index (κ2) is 8.54. The summed E-state index contributed by atoms with van der Waals surface area (Å²) in [5.41, 5.74) is 0.147. The van der Waals surface area contributed by atoms with Crippen LogP contribution in [0.25, 0.3) is 0 Å². The van der Waals surface area contributed by atoms with Crippen molar-refractivity contribution in [3.05, 3.63) is 39.2 Å². The van der Waals surface area contributed by atoms with Gasteiger partial charge in [0.15, 0.2) is 10.9 Å². The van der Waals surface area contributed by atoms with Crippen molar-refractivity contribution in [1.82, 2.24) is 20.3 Å². The summed E-state index contributed by atoms with van der Waals surface area (Å²) in [5, 5.41) is 7.26. The van der Waals surface area contributed by atoms with Crippen LogP contribution >= 0.6 is 46.6 Å². The van der Waals surface area contributed by atoms with Crippen LogP contribution in [0, 0.1) is 0 Å². The maximum atomic E-state index is 12.1. The molecule has 0 bridgehead atoms. The van der Waals surface area contributed by atoms with Crippen LogP contribution in [-0.4, -0.2) is 40.2 Å². The molecule has 0 unspecified atom stereocenters. The highest BCUT2D eigenvalue weighted by Crippen LogP contribution is 2.22. The maximum Gasteiger partial charge on any atom is 0.271 e. The standard InChI is InChI=1S/C13H12Cl3N5OS/c1-23-13-20-6-9(16)10(21-13)12(22)18-3-2-17-11-8(15)4-7(14)5-19-11/h4-6H,2-3H2,1H3,(H,17,19)(H,18,22). The number of amides is 1. The molecule has 23 heavy (non-hydrogen) atoms. The zero-order chi connectivity index (χ0) is 16.8. The number of rotatable bonds is 6. The number of nitrogens with one attached hydrogen (secondary N) is 2. The fraction of sp³-hybridized carbons (Fsp3) is 0.231. The lowest BCUT2D eigenvalue weighted by atomic mass is 10.4. The molecule has 2 rings (SSSR count). The summed E-state index contributed by atoms with van der Waals surface area (Å²) in [7, 11) is 0. The summed E-state index contributed by atoms with van der Waals surface area (Å²) >= 11 is 19.0. The van der Waals surface area contributed by atoms with Gasteiger partial charge in [-0.05, 0) is 12.3 Å². The SMILES string of the molecule is CSc1ncc(Cl)c(C(=O)NCCNc2ncc(Cl)cc2Cl)n1. The van der Waals surface area contributed by atoms with E-state index in [1.807, 2.05) is 6.26 Å². The summed E-state index contributed by atoms with van der Waals surface area (Å²) < 4.78 is 0. The third kappa shape index (κ3) is 5.10. The van der Waals surface area contributed by atoms with Gasteiger partial charge < -0.3 is 10.6 Å². The zero-order valence-electron chi connectivity index (χ0n) is 11.9. The third-order valence-corrected chi connectivity index (χ3v) is 3.96. The molecule has 0 radical (unpaired) electrons. The maximum absolute atomic E-state index is 12.1. The van der Waals surface area contributed by atoms with E-state index in [9.17, 15) is 4.79 Å². The molecule has 1 amide bonds. The fourth-order valence-corrected chi connectivity index (χ4v) is 2.56. The number of hydrogen-bond donors (Lipinski definition) is 2. The first-order valence-electron chi connectivity index (χ1n) is 6.41. The van der Waals surface area contributed by atoms with E-state index in [1.54, 1.807) is 6.07 Å². The van der Waals surface area contributed by atoms with Crippen molar-refractivity contribution in [3.8, 4) is 0 Å². The van der Waals surface area contributed by atoms with Crippen LogP contribution < -0.4 is 10.6 Å². The first-order chi connectivity index (χ1) is 11.0. The number of pyridine rings is 1. The van der Waals surface area contributed by atoms with Gasteiger partial charge in [-0.1, -0.05) is 46.6 Å². The highest BCUT2D eigenvalue weighted by atomic mass is 35.5. The number of hydrogen-bond acceptors (Lipinski definition) is 6. The minimum absolute atomic E-state index is 0.147. The molecule has 10 heteroatoms. The van der Waals surface area contributed by atoms with Crippen LogP contribution in [0.4, 0.5) is 5.82 Å². The van der Waals surface area contributed by atoms with Crippen molar-refractivity contribution >= 4 is 58.3 Å². The number of nitrogens with zero attached hydrogens (tertiary/aromatic N) is 3. The van der Waals surface area contributed by atoms with Gasteiger partial charge in [-0.25, -0.2) is 15.0 Å². The predicted molar refractivity (Wildman–Crippen MR) is 93.9 cm³/mol. The molecule has 0 saturated carbocycles. The average molecular weight is 393 g/mol. The van der Waals surface area contributed by atoms with Gasteiger partial charge in [-0.3, -0.25) is 4.79 Å². The van der Waals surface area contributed by atoms with E-state index in [2.05, 4.69) is 25.6 Å². The summed E-state index contributed by atoms with van der Waals surface area (Å²) in [6, 6.07) is 1.58. The van der Waals surface area contributed by atoms with Gasteiger partial charge in [0.2, 0.25) is 0 Å². The van der Waals surface area contributed by atoms with E-state index in [-0.39, 0.29) is 16.6 Å². The minimum atomic E-state index is -0.371. The zero-order valence-corrected chi connectivity index (χ0v) is 15.0. The lowest BCUT2D eigenvalue weighted by molar-refractivity contribution is 0.0949. The van der Waals surface area contributed by atoms with Crippen LogP contribution in [-0.2, 0) is 0 Å². The molecule has 0 aliphatic carbocycles. The Morgan fingerprint density at radius 3 is 2.65 bits per heavy atom. The Hall–Kier alpha value is -1.28. The van der Waals surface area contributed by atoms with Crippen molar-refractivity contribution in [2.75, 3.05) is 24.7 Å². The number of thioether (sulfide) groups is 1. The van der Waals surface area contributed by atoms with Crippen LogP contribution in [0.2, 0.25) is 15.1 Å². The highest BCUT2D eigenvalue weighted by molar-refractivity contribution is 7.98. The molecule has 2 heterocycles. The van der Waals surface area contributed by atoms with Gasteiger partial charge in [-0.15, -0.1) is 0 Å². The van der Waals surface area contributed by atoms with Crippen LogP contribution in [0.3, 0.4) is 0 Å². The Morgan fingerprint density at radius 2 is 1.96 bits per heavy atom. The first-order valence-corrected chi connectivity index (χ1v) is 8.76. The van der Waals surface area contributed by atoms with Crippen LogP contribution in [0.5, 0.6) is 0 Å². The van der Waals surface area contributed by atoms with Gasteiger partial charge in [0.05, 0.1) is 21.3 Å². The Morgan fingerprint density at radius 1 is 1.17 bits per heavy atom. The van der Waals surface area contributed by atoms with E-state index in [0.717, 1.165) is 0 Å². The summed E-state index contributed by atoms with van der Waals surface area (Å²) in [6.07, 6.45) is 4.71. The van der Waals surface area contributed by atoms with Gasteiger partial charge in [0.1, 0.15) is 5.82 Å². The number of carbonyl (C=O) groups excluding carboxylic acids is 1. The molecule has 6 nitrogen and oxygen atoms in total. The lowest BCUT2D eigenvalue weighted by Crippen LogP contribution is -2.30. The second-order valence-electron chi connectivity index (χ2n) is 4.22. The molecule has 0 aromatic carbocycles. The molecule has 2 aromatic heterocycles. The smallest absolute Gasteiger partial charge is 0.271 e. The first kappa shape index (κ1) is 18.1. The average Bonchev–Trinajstić information content (AvgIpc) is 2.53. The molecule has 0 atom stereocenters. The molecule has 0 spiro atoms. The van der Waals surface area contributed by atoms with Crippen LogP contribution in [0.1, 0.15) is 10.5 Å². The van der Waals surface area contributed by atoms with Crippen molar-refractivity contribution in [2.24, 2.45) is 0 Å². The van der Waals surface area contributed by atoms with Crippen molar-refractivity contribution in [3.63, 3.8) is 0 Å². The van der Waals surface area contributed by atoms with E-state index in [1.165, 1.54) is 24.2 Å². The number of anilines is 1. The number of aromatic nitrogens is 3. The summed E-state index contributed by atoms with van der Waals surface area (Å²) in [4.78, 5) is 24.2. The normalized spacial score (nSPS) is 10.4. The molecule has 122 valence electrons. The molecule has 0 aliphatic rings. The van der Waals surface area contributed by atoms with Gasteiger partial charge in [0, 0.05) is 19.3 Å². The Bertz CT molecular complexity index is 716. The molecular formula is C13H12Cl3N5OS. The Kier molecular flexibility index (Phi) is 6.71. The number of carbonyl (C=O) groups is 1. The quantitative estimate of drug-likeness (QED) is 0.445. The lowest BCUT2D eigenvalue weighted by Gasteiger charge is -2.09. The number of halogens is 3. The van der Waals surface area contributed by atoms with E-state index in [4.69, 9.17) is 34.8 Å². The second-order valence-corrected chi connectivity index (χ2v) is 6.24. The third-order valence-electron chi connectivity index (χ3n) is 2.63. The summed E-state index contributed by atoms with van der Waals surface area (Å²) in [5.74, 6) is 0.125. The van der Waals surface area contributed by atoms with Crippen molar-refractivity contribution in [1.29, 1.82) is 0 Å². The van der Waals surface area contributed by atoms with Gasteiger partial charge >= 0.3 is 0 Å². The Balaban J connectivity index is 1.87. The van der Waals surface area contributed by atoms with Gasteiger partial charge in [-0.2, -0.15) is 0 Å². The molecule has 2 N–H and O–H groups in total. The Labute approximate surface area is 152 Å². The molecule has 2 aromatic rings. The van der Waals surface area contributed by atoms with E-state index < -0.39 is 0 Å². The fourth-order valence-electron chi connectivity index (χ4n) is 1.59.